The molecule has 0 fully saturated rings. The molecule has 1 aromatic carbocycles. The van der Waals surface area contributed by atoms with E-state index in [9.17, 15) is 18.0 Å². The van der Waals surface area contributed by atoms with Gasteiger partial charge in [-0.3, -0.25) is 9.78 Å². The van der Waals surface area contributed by atoms with Crippen molar-refractivity contribution in [2.24, 2.45) is 0 Å². The molecule has 122 valence electrons. The van der Waals surface area contributed by atoms with Crippen molar-refractivity contribution >= 4 is 5.91 Å². The molecule has 0 aliphatic heterocycles. The van der Waals surface area contributed by atoms with Gasteiger partial charge >= 0.3 is 6.18 Å². The molecule has 1 heterocycles. The summed E-state index contributed by atoms with van der Waals surface area (Å²) in [6, 6.07) is 9.84. The van der Waals surface area contributed by atoms with E-state index in [1.165, 1.54) is 0 Å². The fraction of sp³-hybridized carbons (Fsp3) is 0.250. The lowest BCUT2D eigenvalue weighted by atomic mass is 10.1. The van der Waals surface area contributed by atoms with Crippen LogP contribution in [0.2, 0.25) is 0 Å². The molecule has 0 aliphatic carbocycles. The minimum atomic E-state index is -4.34. The molecule has 1 aromatic heterocycles. The number of benzene rings is 1. The average Bonchev–Trinajstić information content (AvgIpc) is 2.53. The number of nitrogens with zero attached hydrogens (tertiary/aromatic N) is 1. The molecule has 1 N–H and O–H groups in total. The van der Waals surface area contributed by atoms with E-state index < -0.39 is 12.8 Å². The minimum Gasteiger partial charge on any atom is -0.367 e. The summed E-state index contributed by atoms with van der Waals surface area (Å²) >= 11 is 0. The van der Waals surface area contributed by atoms with Gasteiger partial charge in [0.1, 0.15) is 6.61 Å². The van der Waals surface area contributed by atoms with Crippen molar-refractivity contribution < 1.29 is 22.7 Å². The molecule has 7 heteroatoms. The number of halogens is 3. The van der Waals surface area contributed by atoms with E-state index in [-0.39, 0.29) is 12.5 Å². The maximum atomic E-state index is 12.0. The van der Waals surface area contributed by atoms with Crippen molar-refractivity contribution in [1.29, 1.82) is 0 Å². The van der Waals surface area contributed by atoms with E-state index >= 15 is 0 Å². The van der Waals surface area contributed by atoms with Crippen LogP contribution in [0.1, 0.15) is 21.5 Å². The molecule has 0 saturated carbocycles. The van der Waals surface area contributed by atoms with Gasteiger partial charge in [0.15, 0.2) is 0 Å². The van der Waals surface area contributed by atoms with E-state index in [0.717, 1.165) is 5.56 Å². The summed E-state index contributed by atoms with van der Waals surface area (Å²) < 4.78 is 40.5. The lowest BCUT2D eigenvalue weighted by molar-refractivity contribution is -0.176. The van der Waals surface area contributed by atoms with Gasteiger partial charge < -0.3 is 10.1 Å². The average molecular weight is 324 g/mol. The number of amides is 1. The smallest absolute Gasteiger partial charge is 0.367 e. The predicted octanol–water partition coefficient (Wildman–Crippen LogP) is 3.09. The molecule has 23 heavy (non-hydrogen) atoms. The number of nitrogens with one attached hydrogen (secondary N) is 1. The van der Waals surface area contributed by atoms with E-state index in [4.69, 9.17) is 0 Å². The van der Waals surface area contributed by atoms with Gasteiger partial charge in [0.2, 0.25) is 0 Å². The van der Waals surface area contributed by atoms with Gasteiger partial charge in [-0.05, 0) is 29.3 Å². The van der Waals surface area contributed by atoms with Crippen LogP contribution in [0.5, 0.6) is 0 Å². The third-order valence-electron chi connectivity index (χ3n) is 2.93. The quantitative estimate of drug-likeness (QED) is 0.888. The Morgan fingerprint density at radius 3 is 2.48 bits per heavy atom. The fourth-order valence-corrected chi connectivity index (χ4v) is 1.82. The van der Waals surface area contributed by atoms with Gasteiger partial charge in [0.05, 0.1) is 6.61 Å². The Bertz CT molecular complexity index is 628. The van der Waals surface area contributed by atoms with E-state index in [1.807, 2.05) is 6.07 Å². The number of rotatable bonds is 6. The first-order chi connectivity index (χ1) is 10.9. The highest BCUT2D eigenvalue weighted by atomic mass is 19.4. The highest BCUT2D eigenvalue weighted by Crippen LogP contribution is 2.15. The van der Waals surface area contributed by atoms with Crippen LogP contribution < -0.4 is 5.32 Å². The highest BCUT2D eigenvalue weighted by molar-refractivity contribution is 5.94. The zero-order valence-corrected chi connectivity index (χ0v) is 12.1. The lowest BCUT2D eigenvalue weighted by Crippen LogP contribution is -2.22. The first-order valence-electron chi connectivity index (χ1n) is 6.84. The molecule has 0 aliphatic rings. The number of pyridine rings is 1. The van der Waals surface area contributed by atoms with Crippen molar-refractivity contribution in [3.8, 4) is 0 Å². The second-order valence-electron chi connectivity index (χ2n) is 4.85. The maximum absolute atomic E-state index is 12.0. The van der Waals surface area contributed by atoms with E-state index in [2.05, 4.69) is 15.0 Å². The third-order valence-corrected chi connectivity index (χ3v) is 2.93. The van der Waals surface area contributed by atoms with Crippen molar-refractivity contribution in [1.82, 2.24) is 10.3 Å². The van der Waals surface area contributed by atoms with Crippen LogP contribution in [0.4, 0.5) is 13.2 Å². The van der Waals surface area contributed by atoms with Gasteiger partial charge in [-0.2, -0.15) is 13.2 Å². The van der Waals surface area contributed by atoms with Gasteiger partial charge in [0, 0.05) is 24.5 Å². The minimum absolute atomic E-state index is 0.156. The Morgan fingerprint density at radius 2 is 1.87 bits per heavy atom. The van der Waals surface area contributed by atoms with Crippen LogP contribution in [0.25, 0.3) is 0 Å². The first-order valence-corrected chi connectivity index (χ1v) is 6.84. The molecule has 0 radical (unpaired) electrons. The van der Waals surface area contributed by atoms with Crippen molar-refractivity contribution in [3.05, 3.63) is 65.5 Å². The Balaban J connectivity index is 1.82. The third kappa shape index (κ3) is 6.07. The summed E-state index contributed by atoms with van der Waals surface area (Å²) in [5, 5.41) is 2.74. The molecular formula is C16H15F3N2O2. The summed E-state index contributed by atoms with van der Waals surface area (Å²) in [6.07, 6.45) is -1.04. The van der Waals surface area contributed by atoms with Gasteiger partial charge in [0.25, 0.3) is 5.91 Å². The van der Waals surface area contributed by atoms with E-state index in [0.29, 0.717) is 17.7 Å². The number of carbonyl (C=O) groups is 1. The van der Waals surface area contributed by atoms with Crippen LogP contribution in [0.3, 0.4) is 0 Å². The topological polar surface area (TPSA) is 51.2 Å². The summed E-state index contributed by atoms with van der Waals surface area (Å²) in [5.74, 6) is -0.267. The molecule has 2 rings (SSSR count). The number of ether oxygens (including phenoxy) is 1. The van der Waals surface area contributed by atoms with Crippen LogP contribution >= 0.6 is 0 Å². The zero-order valence-electron chi connectivity index (χ0n) is 12.1. The number of carbonyl (C=O) groups excluding carboxylic acids is 1. The van der Waals surface area contributed by atoms with Crippen LogP contribution in [-0.2, 0) is 17.9 Å². The SMILES string of the molecule is O=C(NCc1cccnc1)c1ccc(COCC(F)(F)F)cc1. The monoisotopic (exact) mass is 324 g/mol. The molecule has 0 unspecified atom stereocenters. The Kier molecular flexibility index (Phi) is 5.70. The first kappa shape index (κ1) is 17.0. The number of alkyl halides is 3. The number of hydrogen-bond acceptors (Lipinski definition) is 3. The van der Waals surface area contributed by atoms with Crippen molar-refractivity contribution in [2.75, 3.05) is 6.61 Å². The van der Waals surface area contributed by atoms with Gasteiger partial charge in [-0.25, -0.2) is 0 Å². The number of hydrogen-bond donors (Lipinski definition) is 1. The fourth-order valence-electron chi connectivity index (χ4n) is 1.82. The van der Waals surface area contributed by atoms with Gasteiger partial charge in [-0.1, -0.05) is 18.2 Å². The zero-order chi connectivity index (χ0) is 16.7. The Morgan fingerprint density at radius 1 is 1.13 bits per heavy atom. The molecule has 0 atom stereocenters. The lowest BCUT2D eigenvalue weighted by Gasteiger charge is -2.08. The van der Waals surface area contributed by atoms with Gasteiger partial charge in [-0.15, -0.1) is 0 Å². The van der Waals surface area contributed by atoms with Crippen LogP contribution in [0, 0.1) is 0 Å². The Hall–Kier alpha value is -2.41. The molecule has 1 amide bonds. The predicted molar refractivity (Wildman–Crippen MR) is 77.6 cm³/mol. The van der Waals surface area contributed by atoms with Crippen LogP contribution in [-0.4, -0.2) is 23.7 Å². The summed E-state index contributed by atoms with van der Waals surface area (Å²) in [7, 11) is 0. The normalized spacial score (nSPS) is 11.3. The second kappa shape index (κ2) is 7.73. The largest absolute Gasteiger partial charge is 0.411 e. The molecule has 0 bridgehead atoms. The molecule has 0 spiro atoms. The second-order valence-corrected chi connectivity index (χ2v) is 4.85. The van der Waals surface area contributed by atoms with Crippen molar-refractivity contribution in [3.63, 3.8) is 0 Å². The Labute approximate surface area is 131 Å². The summed E-state index contributed by atoms with van der Waals surface area (Å²) in [4.78, 5) is 15.9. The summed E-state index contributed by atoms with van der Waals surface area (Å²) in [5.41, 5.74) is 1.87. The molecular weight excluding hydrogens is 309 g/mol. The molecule has 4 nitrogen and oxygen atoms in total. The molecule has 2 aromatic rings. The van der Waals surface area contributed by atoms with Crippen LogP contribution in [0.15, 0.2) is 48.8 Å². The highest BCUT2D eigenvalue weighted by Gasteiger charge is 2.27. The van der Waals surface area contributed by atoms with E-state index in [1.54, 1.807) is 42.7 Å². The standard InChI is InChI=1S/C16H15F3N2O2/c17-16(18,19)11-23-10-12-3-5-14(6-4-12)15(22)21-9-13-2-1-7-20-8-13/h1-8H,9-11H2,(H,21,22). The number of aromatic nitrogens is 1. The summed E-state index contributed by atoms with van der Waals surface area (Å²) in [6.45, 7) is -1.10. The molecule has 0 saturated heterocycles. The van der Waals surface area contributed by atoms with Crippen molar-refractivity contribution in [2.45, 2.75) is 19.3 Å². The maximum Gasteiger partial charge on any atom is 0.411 e.